The Morgan fingerprint density at radius 2 is 1.65 bits per heavy atom. The van der Waals surface area contributed by atoms with Gasteiger partial charge in [-0.25, -0.2) is 0 Å². The maximum atomic E-state index is 11.5. The predicted octanol–water partition coefficient (Wildman–Crippen LogP) is 3.68. The molecule has 1 aromatic carbocycles. The summed E-state index contributed by atoms with van der Waals surface area (Å²) in [6.07, 6.45) is 0. The van der Waals surface area contributed by atoms with Gasteiger partial charge in [-0.2, -0.15) is 0 Å². The van der Waals surface area contributed by atoms with Gasteiger partial charge in [0, 0.05) is 19.8 Å². The summed E-state index contributed by atoms with van der Waals surface area (Å²) >= 11 is 5.84. The van der Waals surface area contributed by atoms with Crippen LogP contribution in [0.25, 0.3) is 0 Å². The average molecular weight is 259 g/mol. The molecule has 0 aliphatic heterocycles. The van der Waals surface area contributed by atoms with E-state index in [1.165, 1.54) is 4.90 Å². The molecule has 0 spiro atoms. The van der Waals surface area contributed by atoms with Crippen molar-refractivity contribution in [1.82, 2.24) is 4.90 Å². The molecule has 1 rings (SSSR count). The molecule has 4 heteroatoms. The topological polar surface area (TPSA) is 46.3 Å². The molecule has 0 heterocycles. The molecule has 0 saturated carbocycles. The molecule has 0 unspecified atom stereocenters. The highest BCUT2D eigenvalue weighted by Crippen LogP contribution is 2.19. The summed E-state index contributed by atoms with van der Waals surface area (Å²) in [4.78, 5) is 12.9. The molecule has 0 bridgehead atoms. The van der Waals surface area contributed by atoms with E-state index in [4.69, 9.17) is 17.3 Å². The fourth-order valence-electron chi connectivity index (χ4n) is 0.946. The summed E-state index contributed by atoms with van der Waals surface area (Å²) in [5.41, 5.74) is 6.52. The maximum absolute atomic E-state index is 11.5. The Hall–Kier alpha value is -1.22. The number of nitrogens with two attached hydrogens (primary N) is 1. The zero-order chi connectivity index (χ0) is 14.0. The minimum Gasteiger partial charge on any atom is -0.399 e. The number of rotatable bonds is 1. The number of carbonyl (C=O) groups excluding carboxylic acids is 1. The third kappa shape index (κ3) is 6.17. The Morgan fingerprint density at radius 1 is 1.18 bits per heavy atom. The van der Waals surface area contributed by atoms with Gasteiger partial charge in [-0.3, -0.25) is 4.79 Å². The summed E-state index contributed by atoms with van der Waals surface area (Å²) in [5.74, 6) is -0.120. The van der Waals surface area contributed by atoms with E-state index < -0.39 is 0 Å². The number of benzene rings is 1. The molecule has 0 aliphatic rings. The second kappa shape index (κ2) is 9.97. The van der Waals surface area contributed by atoms with Gasteiger partial charge in [-0.1, -0.05) is 39.3 Å². The van der Waals surface area contributed by atoms with Crippen LogP contribution in [-0.4, -0.2) is 24.9 Å². The van der Waals surface area contributed by atoms with Crippen molar-refractivity contribution in [3.05, 3.63) is 28.8 Å². The highest BCUT2D eigenvalue weighted by atomic mass is 35.5. The predicted molar refractivity (Wildman–Crippen MR) is 76.6 cm³/mol. The van der Waals surface area contributed by atoms with Gasteiger partial charge in [0.05, 0.1) is 10.6 Å². The molecule has 0 saturated heterocycles. The molecule has 0 radical (unpaired) electrons. The van der Waals surface area contributed by atoms with Gasteiger partial charge in [0.1, 0.15) is 0 Å². The highest BCUT2D eigenvalue weighted by Gasteiger charge is 2.11. The van der Waals surface area contributed by atoms with Crippen LogP contribution in [0.5, 0.6) is 0 Å². The Labute approximate surface area is 110 Å². The quantitative estimate of drug-likeness (QED) is 0.781. The van der Waals surface area contributed by atoms with E-state index in [-0.39, 0.29) is 5.91 Å². The van der Waals surface area contributed by atoms with Crippen LogP contribution in [0.2, 0.25) is 5.02 Å². The smallest absolute Gasteiger partial charge is 0.254 e. The second-order valence-electron chi connectivity index (χ2n) is 2.94. The van der Waals surface area contributed by atoms with Crippen LogP contribution in [-0.2, 0) is 0 Å². The van der Waals surface area contributed by atoms with Gasteiger partial charge in [-0.15, -0.1) is 0 Å². The molecule has 1 amide bonds. The molecule has 3 nitrogen and oxygen atoms in total. The number of hydrogen-bond donors (Lipinski definition) is 1. The lowest BCUT2D eigenvalue weighted by atomic mass is 10.2. The summed E-state index contributed by atoms with van der Waals surface area (Å²) in [6.45, 7) is 8.00. The number of hydrogen-bond acceptors (Lipinski definition) is 2. The van der Waals surface area contributed by atoms with Gasteiger partial charge < -0.3 is 10.6 Å². The van der Waals surface area contributed by atoms with E-state index in [1.807, 2.05) is 27.7 Å². The highest BCUT2D eigenvalue weighted by molar-refractivity contribution is 6.34. The number of anilines is 1. The minimum absolute atomic E-state index is 0.120. The first-order valence-electron chi connectivity index (χ1n) is 5.79. The molecule has 0 aliphatic carbocycles. The summed E-state index contributed by atoms with van der Waals surface area (Å²) in [5, 5.41) is 0.388. The van der Waals surface area contributed by atoms with Crippen molar-refractivity contribution in [2.24, 2.45) is 0 Å². The van der Waals surface area contributed by atoms with E-state index in [2.05, 4.69) is 0 Å². The second-order valence-corrected chi connectivity index (χ2v) is 3.35. The first kappa shape index (κ1) is 18.2. The molecule has 98 valence electrons. The van der Waals surface area contributed by atoms with E-state index >= 15 is 0 Å². The molecule has 1 aromatic rings. The standard InChI is InChI=1S/C9H11ClN2O.2C2H6/c1-12(2)9(13)7-4-3-6(11)5-8(7)10;2*1-2/h3-5H,11H2,1-2H3;2*1-2H3. The van der Waals surface area contributed by atoms with Gasteiger partial charge in [-0.05, 0) is 18.2 Å². The third-order valence-corrected chi connectivity index (χ3v) is 1.94. The Bertz CT molecular complexity index is 338. The normalized spacial score (nSPS) is 8.18. The van der Waals surface area contributed by atoms with Gasteiger partial charge in [0.2, 0.25) is 0 Å². The van der Waals surface area contributed by atoms with Crippen LogP contribution in [0.4, 0.5) is 5.69 Å². The first-order chi connectivity index (χ1) is 8.02. The van der Waals surface area contributed by atoms with E-state index in [9.17, 15) is 4.79 Å². The Balaban J connectivity index is 0. The molecule has 0 fully saturated rings. The Kier molecular flexibility index (Phi) is 10.6. The van der Waals surface area contributed by atoms with Crippen molar-refractivity contribution in [3.8, 4) is 0 Å². The first-order valence-corrected chi connectivity index (χ1v) is 6.17. The average Bonchev–Trinajstić information content (AvgIpc) is 2.33. The van der Waals surface area contributed by atoms with Crippen molar-refractivity contribution in [2.45, 2.75) is 27.7 Å². The van der Waals surface area contributed by atoms with Crippen molar-refractivity contribution in [3.63, 3.8) is 0 Å². The largest absolute Gasteiger partial charge is 0.399 e. The Morgan fingerprint density at radius 3 is 2.00 bits per heavy atom. The van der Waals surface area contributed by atoms with Crippen LogP contribution in [0, 0.1) is 0 Å². The monoisotopic (exact) mass is 258 g/mol. The third-order valence-electron chi connectivity index (χ3n) is 1.63. The van der Waals surface area contributed by atoms with E-state index in [0.717, 1.165) is 0 Å². The fourth-order valence-corrected chi connectivity index (χ4v) is 1.22. The van der Waals surface area contributed by atoms with E-state index in [1.54, 1.807) is 32.3 Å². The molecule has 0 aromatic heterocycles. The van der Waals surface area contributed by atoms with E-state index in [0.29, 0.717) is 16.3 Å². The van der Waals surface area contributed by atoms with Crippen molar-refractivity contribution in [1.29, 1.82) is 0 Å². The summed E-state index contributed by atoms with van der Waals surface area (Å²) < 4.78 is 0. The molecular formula is C13H23ClN2O. The maximum Gasteiger partial charge on any atom is 0.254 e. The SMILES string of the molecule is CC.CC.CN(C)C(=O)c1ccc(N)cc1Cl. The lowest BCUT2D eigenvalue weighted by Crippen LogP contribution is -2.21. The number of carbonyl (C=O) groups is 1. The van der Waals surface area contributed by atoms with Crippen LogP contribution in [0.3, 0.4) is 0 Å². The molecule has 0 atom stereocenters. The van der Waals surface area contributed by atoms with Crippen LogP contribution < -0.4 is 5.73 Å². The molecule has 17 heavy (non-hydrogen) atoms. The van der Waals surface area contributed by atoms with Crippen LogP contribution in [0.15, 0.2) is 18.2 Å². The zero-order valence-electron chi connectivity index (χ0n) is 11.5. The van der Waals surface area contributed by atoms with Gasteiger partial charge in [0.15, 0.2) is 0 Å². The minimum atomic E-state index is -0.120. The zero-order valence-corrected chi connectivity index (χ0v) is 12.3. The fraction of sp³-hybridized carbons (Fsp3) is 0.462. The summed E-state index contributed by atoms with van der Waals surface area (Å²) in [6, 6.07) is 4.85. The summed E-state index contributed by atoms with van der Waals surface area (Å²) in [7, 11) is 3.35. The van der Waals surface area contributed by atoms with Crippen molar-refractivity contribution >= 4 is 23.2 Å². The van der Waals surface area contributed by atoms with Crippen LogP contribution in [0.1, 0.15) is 38.1 Å². The lowest BCUT2D eigenvalue weighted by molar-refractivity contribution is 0.0828. The number of halogens is 1. The van der Waals surface area contributed by atoms with Gasteiger partial charge >= 0.3 is 0 Å². The molecule has 2 N–H and O–H groups in total. The number of nitrogen functional groups attached to an aromatic ring is 1. The van der Waals surface area contributed by atoms with Crippen molar-refractivity contribution < 1.29 is 4.79 Å². The van der Waals surface area contributed by atoms with Gasteiger partial charge in [0.25, 0.3) is 5.91 Å². The van der Waals surface area contributed by atoms with Crippen molar-refractivity contribution in [2.75, 3.05) is 19.8 Å². The number of amides is 1. The van der Waals surface area contributed by atoms with Crippen LogP contribution >= 0.6 is 11.6 Å². The molecular weight excluding hydrogens is 236 g/mol. The lowest BCUT2D eigenvalue weighted by Gasteiger charge is -2.11. The number of nitrogens with zero attached hydrogens (tertiary/aromatic N) is 1.